The van der Waals surface area contributed by atoms with E-state index in [2.05, 4.69) is 13.5 Å². The standard InChI is InChI=1S/C8H14O2.C8H8/c1-3-4-5-6-7(2)8(9)10;1-2-8-6-4-3-5-7-8/h6H,3-5H2,1-2H3,(H,9,10);2-7H,1H2/b7-6+;. The Bertz CT molecular complexity index is 377. The molecule has 0 radical (unpaired) electrons. The molecule has 1 aromatic rings. The van der Waals surface area contributed by atoms with Gasteiger partial charge in [0.1, 0.15) is 0 Å². The van der Waals surface area contributed by atoms with Gasteiger partial charge in [0.05, 0.1) is 0 Å². The van der Waals surface area contributed by atoms with E-state index in [1.165, 1.54) is 5.56 Å². The SMILES string of the molecule is C=Cc1ccccc1.CCCC/C=C(\C)C(=O)O. The number of hydrogen-bond donors (Lipinski definition) is 1. The first-order valence-corrected chi connectivity index (χ1v) is 6.19. The van der Waals surface area contributed by atoms with Gasteiger partial charge in [0.25, 0.3) is 0 Å². The van der Waals surface area contributed by atoms with Gasteiger partial charge >= 0.3 is 5.97 Å². The van der Waals surface area contributed by atoms with Crippen LogP contribution < -0.4 is 0 Å². The van der Waals surface area contributed by atoms with Gasteiger partial charge in [-0.1, -0.05) is 68.8 Å². The smallest absolute Gasteiger partial charge is 0.330 e. The first kappa shape index (κ1) is 16.2. The van der Waals surface area contributed by atoms with Crippen molar-refractivity contribution in [3.8, 4) is 0 Å². The van der Waals surface area contributed by atoms with Gasteiger partial charge in [-0.2, -0.15) is 0 Å². The third-order valence-electron chi connectivity index (χ3n) is 2.38. The molecule has 0 aliphatic heterocycles. The van der Waals surface area contributed by atoms with Gasteiger partial charge in [0.15, 0.2) is 0 Å². The van der Waals surface area contributed by atoms with Crippen LogP contribution >= 0.6 is 0 Å². The van der Waals surface area contributed by atoms with Crippen LogP contribution in [0, 0.1) is 0 Å². The third kappa shape index (κ3) is 8.34. The molecule has 0 amide bonds. The van der Waals surface area contributed by atoms with Gasteiger partial charge in [-0.15, -0.1) is 0 Å². The Morgan fingerprint density at radius 3 is 2.33 bits per heavy atom. The Labute approximate surface area is 110 Å². The lowest BCUT2D eigenvalue weighted by atomic mass is 10.2. The zero-order chi connectivity index (χ0) is 13.8. The molecule has 0 aromatic heterocycles. The van der Waals surface area contributed by atoms with Gasteiger partial charge in [-0.3, -0.25) is 0 Å². The molecule has 18 heavy (non-hydrogen) atoms. The zero-order valence-electron chi connectivity index (χ0n) is 11.2. The van der Waals surface area contributed by atoms with Crippen LogP contribution in [0.3, 0.4) is 0 Å². The third-order valence-corrected chi connectivity index (χ3v) is 2.38. The fourth-order valence-electron chi connectivity index (χ4n) is 1.20. The molecule has 0 bridgehead atoms. The van der Waals surface area contributed by atoms with Crippen LogP contribution in [0.5, 0.6) is 0 Å². The molecule has 1 aromatic carbocycles. The highest BCUT2D eigenvalue weighted by Crippen LogP contribution is 2.00. The highest BCUT2D eigenvalue weighted by molar-refractivity contribution is 5.85. The van der Waals surface area contributed by atoms with Crippen LogP contribution in [0.1, 0.15) is 38.7 Å². The van der Waals surface area contributed by atoms with E-state index < -0.39 is 5.97 Å². The lowest BCUT2D eigenvalue weighted by molar-refractivity contribution is -0.132. The number of carboxylic acids is 1. The summed E-state index contributed by atoms with van der Waals surface area (Å²) in [5.41, 5.74) is 1.63. The summed E-state index contributed by atoms with van der Waals surface area (Å²) in [6.07, 6.45) is 6.68. The Morgan fingerprint density at radius 1 is 1.33 bits per heavy atom. The van der Waals surface area contributed by atoms with Gasteiger partial charge in [-0.05, 0) is 18.9 Å². The molecule has 2 heteroatoms. The summed E-state index contributed by atoms with van der Waals surface area (Å²) in [6, 6.07) is 10.0. The van der Waals surface area contributed by atoms with Gasteiger partial charge in [-0.25, -0.2) is 4.79 Å². The highest BCUT2D eigenvalue weighted by Gasteiger charge is 1.96. The van der Waals surface area contributed by atoms with Crippen LogP contribution in [0.2, 0.25) is 0 Å². The number of benzene rings is 1. The molecule has 0 spiro atoms. The molecule has 0 fully saturated rings. The molecule has 0 atom stereocenters. The van der Waals surface area contributed by atoms with Crippen molar-refractivity contribution in [2.24, 2.45) is 0 Å². The van der Waals surface area contributed by atoms with Crippen LogP contribution in [-0.4, -0.2) is 11.1 Å². The number of carbonyl (C=O) groups is 1. The molecular formula is C16H22O2. The maximum Gasteiger partial charge on any atom is 0.330 e. The average Bonchev–Trinajstić information content (AvgIpc) is 2.40. The van der Waals surface area contributed by atoms with Crippen molar-refractivity contribution in [2.75, 3.05) is 0 Å². The second-order valence-corrected chi connectivity index (χ2v) is 3.95. The normalized spacial score (nSPS) is 10.2. The second-order valence-electron chi connectivity index (χ2n) is 3.95. The number of hydrogen-bond acceptors (Lipinski definition) is 1. The van der Waals surface area contributed by atoms with E-state index >= 15 is 0 Å². The van der Waals surface area contributed by atoms with Crippen molar-refractivity contribution in [1.29, 1.82) is 0 Å². The number of carboxylic acid groups (broad SMARTS) is 1. The largest absolute Gasteiger partial charge is 0.478 e. The summed E-state index contributed by atoms with van der Waals surface area (Å²) in [6.45, 7) is 7.34. The van der Waals surface area contributed by atoms with Crippen molar-refractivity contribution in [3.63, 3.8) is 0 Å². The van der Waals surface area contributed by atoms with Crippen molar-refractivity contribution in [1.82, 2.24) is 0 Å². The van der Waals surface area contributed by atoms with Crippen LogP contribution in [0.15, 0.2) is 48.6 Å². The van der Waals surface area contributed by atoms with Crippen LogP contribution in [-0.2, 0) is 4.79 Å². The Morgan fingerprint density at radius 2 is 1.94 bits per heavy atom. The minimum Gasteiger partial charge on any atom is -0.478 e. The maximum atomic E-state index is 10.2. The van der Waals surface area contributed by atoms with E-state index in [4.69, 9.17) is 5.11 Å². The first-order chi connectivity index (χ1) is 8.61. The number of allylic oxidation sites excluding steroid dienone is 1. The Balaban J connectivity index is 0.000000327. The lowest BCUT2D eigenvalue weighted by Gasteiger charge is -1.91. The van der Waals surface area contributed by atoms with E-state index in [9.17, 15) is 4.79 Å². The number of aliphatic carboxylic acids is 1. The predicted octanol–water partition coefficient (Wildman–Crippen LogP) is 4.54. The van der Waals surface area contributed by atoms with E-state index in [1.54, 1.807) is 13.0 Å². The zero-order valence-corrected chi connectivity index (χ0v) is 11.2. The summed E-state index contributed by atoms with van der Waals surface area (Å²) < 4.78 is 0. The highest BCUT2D eigenvalue weighted by atomic mass is 16.4. The molecular weight excluding hydrogens is 224 g/mol. The van der Waals surface area contributed by atoms with Gasteiger partial charge < -0.3 is 5.11 Å². The second kappa shape index (κ2) is 10.3. The summed E-state index contributed by atoms with van der Waals surface area (Å²) in [7, 11) is 0. The fourth-order valence-corrected chi connectivity index (χ4v) is 1.20. The molecule has 98 valence electrons. The topological polar surface area (TPSA) is 37.3 Å². The van der Waals surface area contributed by atoms with Crippen molar-refractivity contribution in [3.05, 3.63) is 54.1 Å². The van der Waals surface area contributed by atoms with Gasteiger partial charge in [0, 0.05) is 5.57 Å². The van der Waals surface area contributed by atoms with E-state index in [-0.39, 0.29) is 0 Å². The Kier molecular flexibility index (Phi) is 9.28. The molecule has 0 saturated heterocycles. The monoisotopic (exact) mass is 246 g/mol. The van der Waals surface area contributed by atoms with E-state index in [1.807, 2.05) is 36.4 Å². The summed E-state index contributed by atoms with van der Waals surface area (Å²) in [4.78, 5) is 10.2. The molecule has 0 unspecified atom stereocenters. The minimum atomic E-state index is -0.809. The van der Waals surface area contributed by atoms with Crippen molar-refractivity contribution >= 4 is 12.0 Å². The fraction of sp³-hybridized carbons (Fsp3) is 0.312. The predicted molar refractivity (Wildman–Crippen MR) is 77.5 cm³/mol. The first-order valence-electron chi connectivity index (χ1n) is 6.19. The molecule has 0 saturated carbocycles. The average molecular weight is 246 g/mol. The molecule has 2 nitrogen and oxygen atoms in total. The molecule has 0 aliphatic rings. The summed E-state index contributed by atoms with van der Waals surface area (Å²) in [5.74, 6) is -0.809. The minimum absolute atomic E-state index is 0.452. The summed E-state index contributed by atoms with van der Waals surface area (Å²) in [5, 5.41) is 8.41. The molecule has 0 heterocycles. The molecule has 1 rings (SSSR count). The maximum absolute atomic E-state index is 10.2. The van der Waals surface area contributed by atoms with Gasteiger partial charge in [0.2, 0.25) is 0 Å². The van der Waals surface area contributed by atoms with Crippen LogP contribution in [0.25, 0.3) is 6.08 Å². The molecule has 1 N–H and O–H groups in total. The Hall–Kier alpha value is -1.83. The van der Waals surface area contributed by atoms with E-state index in [0.717, 1.165) is 19.3 Å². The molecule has 0 aliphatic carbocycles. The lowest BCUT2D eigenvalue weighted by Crippen LogP contribution is -1.95. The number of rotatable bonds is 5. The van der Waals surface area contributed by atoms with Crippen LogP contribution in [0.4, 0.5) is 0 Å². The van der Waals surface area contributed by atoms with Crippen molar-refractivity contribution in [2.45, 2.75) is 33.1 Å². The van der Waals surface area contributed by atoms with E-state index in [0.29, 0.717) is 5.57 Å². The quantitative estimate of drug-likeness (QED) is 0.612. The number of unbranched alkanes of at least 4 members (excludes halogenated alkanes) is 2. The summed E-state index contributed by atoms with van der Waals surface area (Å²) >= 11 is 0. The van der Waals surface area contributed by atoms with Crippen molar-refractivity contribution < 1.29 is 9.90 Å².